The maximum absolute atomic E-state index is 12.2. The summed E-state index contributed by atoms with van der Waals surface area (Å²) in [5, 5.41) is 5.13. The standard InChI is InChI=1S/C20H19BrN4O4S/c21-14-5-9-16(10-6-14)29-11-17(26)23-20(30)25-24-19(28)13-3-7-15(8-4-13)22-18(27)12-1-2-12/h3-10,12H,1-2,11H2,(H,22,27)(H,24,28)(H2,23,25,26,30). The molecule has 0 aromatic heterocycles. The molecule has 0 bridgehead atoms. The summed E-state index contributed by atoms with van der Waals surface area (Å²) < 4.78 is 6.24. The van der Waals surface area contributed by atoms with Crippen LogP contribution in [0.3, 0.4) is 0 Å². The Morgan fingerprint density at radius 1 is 1.00 bits per heavy atom. The molecule has 8 nitrogen and oxygen atoms in total. The molecule has 0 aliphatic heterocycles. The molecule has 0 atom stereocenters. The summed E-state index contributed by atoms with van der Waals surface area (Å²) in [6, 6.07) is 13.5. The van der Waals surface area contributed by atoms with Crippen LogP contribution in [0.4, 0.5) is 5.69 Å². The van der Waals surface area contributed by atoms with Crippen LogP contribution in [0.5, 0.6) is 5.75 Å². The molecule has 1 fully saturated rings. The number of amides is 3. The Hall–Kier alpha value is -2.98. The fourth-order valence-corrected chi connectivity index (χ4v) is 2.78. The molecule has 1 aliphatic rings. The third kappa shape index (κ3) is 6.82. The number of rotatable bonds is 6. The number of hydrazine groups is 1. The number of hydrogen-bond donors (Lipinski definition) is 4. The summed E-state index contributed by atoms with van der Waals surface area (Å²) in [7, 11) is 0. The smallest absolute Gasteiger partial charge is 0.269 e. The lowest BCUT2D eigenvalue weighted by Gasteiger charge is -2.12. The van der Waals surface area contributed by atoms with Crippen molar-refractivity contribution >= 4 is 56.7 Å². The summed E-state index contributed by atoms with van der Waals surface area (Å²) >= 11 is 8.29. The number of hydrogen-bond acceptors (Lipinski definition) is 5. The summed E-state index contributed by atoms with van der Waals surface area (Å²) in [5.41, 5.74) is 5.84. The number of thiocarbonyl (C=S) groups is 1. The van der Waals surface area contributed by atoms with Gasteiger partial charge in [0.1, 0.15) is 5.75 Å². The van der Waals surface area contributed by atoms with E-state index < -0.39 is 11.8 Å². The van der Waals surface area contributed by atoms with Gasteiger partial charge in [-0.1, -0.05) is 15.9 Å². The van der Waals surface area contributed by atoms with Gasteiger partial charge in [0.25, 0.3) is 11.8 Å². The van der Waals surface area contributed by atoms with Gasteiger partial charge in [-0.15, -0.1) is 0 Å². The molecule has 0 saturated heterocycles. The first-order chi connectivity index (χ1) is 14.4. The monoisotopic (exact) mass is 490 g/mol. The Balaban J connectivity index is 1.38. The summed E-state index contributed by atoms with van der Waals surface area (Å²) in [6.07, 6.45) is 1.84. The van der Waals surface area contributed by atoms with Crippen LogP contribution in [0.15, 0.2) is 53.0 Å². The van der Waals surface area contributed by atoms with Crippen molar-refractivity contribution in [1.29, 1.82) is 0 Å². The molecule has 0 spiro atoms. The predicted molar refractivity (Wildman–Crippen MR) is 119 cm³/mol. The van der Waals surface area contributed by atoms with E-state index in [4.69, 9.17) is 17.0 Å². The Labute approximate surface area is 186 Å². The molecular weight excluding hydrogens is 472 g/mol. The van der Waals surface area contributed by atoms with Crippen molar-refractivity contribution in [3.8, 4) is 5.75 Å². The highest BCUT2D eigenvalue weighted by Crippen LogP contribution is 2.30. The SMILES string of the molecule is O=C(COc1ccc(Br)cc1)NC(=S)NNC(=O)c1ccc(NC(=O)C2CC2)cc1. The molecule has 3 rings (SSSR count). The van der Waals surface area contributed by atoms with Gasteiger partial charge in [-0.25, -0.2) is 0 Å². The topological polar surface area (TPSA) is 109 Å². The lowest BCUT2D eigenvalue weighted by atomic mass is 10.2. The van der Waals surface area contributed by atoms with Gasteiger partial charge < -0.3 is 10.1 Å². The summed E-state index contributed by atoms with van der Waals surface area (Å²) in [6.45, 7) is -0.231. The second-order valence-electron chi connectivity index (χ2n) is 6.54. The van der Waals surface area contributed by atoms with Crippen molar-refractivity contribution in [2.75, 3.05) is 11.9 Å². The number of nitrogens with one attached hydrogen (secondary N) is 4. The lowest BCUT2D eigenvalue weighted by molar-refractivity contribution is -0.121. The van der Waals surface area contributed by atoms with Crippen LogP contribution in [-0.2, 0) is 9.59 Å². The number of ether oxygens (including phenoxy) is 1. The fraction of sp³-hybridized carbons (Fsp3) is 0.200. The van der Waals surface area contributed by atoms with E-state index >= 15 is 0 Å². The average molecular weight is 491 g/mol. The van der Waals surface area contributed by atoms with Crippen molar-refractivity contribution < 1.29 is 19.1 Å². The number of carbonyl (C=O) groups excluding carboxylic acids is 3. The molecule has 1 saturated carbocycles. The normalized spacial score (nSPS) is 12.4. The van der Waals surface area contributed by atoms with E-state index in [1.165, 1.54) is 0 Å². The van der Waals surface area contributed by atoms with Gasteiger partial charge in [-0.05, 0) is 73.6 Å². The largest absolute Gasteiger partial charge is 0.484 e. The van der Waals surface area contributed by atoms with Crippen molar-refractivity contribution in [1.82, 2.24) is 16.2 Å². The van der Waals surface area contributed by atoms with Gasteiger partial charge in [0.15, 0.2) is 11.7 Å². The molecule has 1 aliphatic carbocycles. The van der Waals surface area contributed by atoms with Crippen molar-refractivity contribution in [3.05, 3.63) is 58.6 Å². The van der Waals surface area contributed by atoms with Crippen molar-refractivity contribution in [2.24, 2.45) is 5.92 Å². The van der Waals surface area contributed by atoms with Gasteiger partial charge in [0.2, 0.25) is 5.91 Å². The molecule has 4 N–H and O–H groups in total. The van der Waals surface area contributed by atoms with Gasteiger partial charge in [-0.3, -0.25) is 30.6 Å². The van der Waals surface area contributed by atoms with Gasteiger partial charge in [-0.2, -0.15) is 0 Å². The zero-order valence-electron chi connectivity index (χ0n) is 15.7. The van der Waals surface area contributed by atoms with E-state index in [1.54, 1.807) is 48.5 Å². The van der Waals surface area contributed by atoms with Crippen LogP contribution in [0.25, 0.3) is 0 Å². The number of anilines is 1. The predicted octanol–water partition coefficient (Wildman–Crippen LogP) is 2.51. The lowest BCUT2D eigenvalue weighted by Crippen LogP contribution is -2.49. The Morgan fingerprint density at radius 2 is 1.67 bits per heavy atom. The molecular formula is C20H19BrN4O4S. The first-order valence-electron chi connectivity index (χ1n) is 9.10. The molecule has 30 heavy (non-hydrogen) atoms. The Kier molecular flexibility index (Phi) is 7.36. The van der Waals surface area contributed by atoms with Crippen molar-refractivity contribution in [3.63, 3.8) is 0 Å². The van der Waals surface area contributed by atoms with Gasteiger partial charge >= 0.3 is 0 Å². The second-order valence-corrected chi connectivity index (χ2v) is 7.86. The minimum atomic E-state index is -0.472. The Bertz CT molecular complexity index is 946. The second kappa shape index (κ2) is 10.2. The highest BCUT2D eigenvalue weighted by molar-refractivity contribution is 9.10. The van der Waals surface area contributed by atoms with E-state index in [-0.39, 0.29) is 23.5 Å². The fourth-order valence-electron chi connectivity index (χ4n) is 2.35. The highest BCUT2D eigenvalue weighted by atomic mass is 79.9. The number of benzene rings is 2. The van der Waals surface area contributed by atoms with Crippen LogP contribution < -0.4 is 26.2 Å². The van der Waals surface area contributed by atoms with Crippen LogP contribution in [-0.4, -0.2) is 29.4 Å². The van der Waals surface area contributed by atoms with Crippen LogP contribution >= 0.6 is 28.1 Å². The van der Waals surface area contributed by atoms with Gasteiger partial charge in [0.05, 0.1) is 0 Å². The third-order valence-electron chi connectivity index (χ3n) is 4.09. The van der Waals surface area contributed by atoms with E-state index in [0.29, 0.717) is 17.0 Å². The summed E-state index contributed by atoms with van der Waals surface area (Å²) in [5.74, 6) is -0.275. The summed E-state index contributed by atoms with van der Waals surface area (Å²) in [4.78, 5) is 35.8. The minimum Gasteiger partial charge on any atom is -0.484 e. The maximum atomic E-state index is 12.2. The molecule has 0 heterocycles. The molecule has 156 valence electrons. The molecule has 0 radical (unpaired) electrons. The molecule has 10 heteroatoms. The zero-order chi connectivity index (χ0) is 21.5. The van der Waals surface area contributed by atoms with E-state index in [0.717, 1.165) is 17.3 Å². The molecule has 0 unspecified atom stereocenters. The maximum Gasteiger partial charge on any atom is 0.269 e. The molecule has 3 amide bonds. The number of halogens is 1. The zero-order valence-corrected chi connectivity index (χ0v) is 18.1. The van der Waals surface area contributed by atoms with E-state index in [1.807, 2.05) is 0 Å². The van der Waals surface area contributed by atoms with Crippen LogP contribution in [0, 0.1) is 5.92 Å². The van der Waals surface area contributed by atoms with Gasteiger partial charge in [0, 0.05) is 21.6 Å². The average Bonchev–Trinajstić information content (AvgIpc) is 3.58. The quantitative estimate of drug-likeness (QED) is 0.366. The number of carbonyl (C=O) groups is 3. The highest BCUT2D eigenvalue weighted by Gasteiger charge is 2.29. The van der Waals surface area contributed by atoms with Crippen LogP contribution in [0.1, 0.15) is 23.2 Å². The van der Waals surface area contributed by atoms with Crippen molar-refractivity contribution in [2.45, 2.75) is 12.8 Å². The first-order valence-corrected chi connectivity index (χ1v) is 10.3. The van der Waals surface area contributed by atoms with E-state index in [2.05, 4.69) is 37.4 Å². The third-order valence-corrected chi connectivity index (χ3v) is 4.82. The van der Waals surface area contributed by atoms with E-state index in [9.17, 15) is 14.4 Å². The van der Waals surface area contributed by atoms with Crippen LogP contribution in [0.2, 0.25) is 0 Å². The Morgan fingerprint density at radius 3 is 2.30 bits per heavy atom. The first kappa shape index (κ1) is 21.7. The molecule has 2 aromatic carbocycles. The minimum absolute atomic E-state index is 0.000859. The molecule has 2 aromatic rings.